The third-order valence-electron chi connectivity index (χ3n) is 13.2. The van der Waals surface area contributed by atoms with E-state index in [9.17, 15) is 0 Å². The largest absolute Gasteiger partial charge is 0.382 e. The first-order valence-corrected chi connectivity index (χ1v) is 33.1. The molecule has 4 aromatic rings. The molecular weight excluding hydrogens is 1110 g/mol. The normalized spacial score (nSPS) is 18.3. The molecule has 20 heteroatoms. The summed E-state index contributed by atoms with van der Waals surface area (Å²) in [7, 11) is 3.11. The molecule has 0 amide bonds. The second kappa shape index (κ2) is 50.0. The van der Waals surface area contributed by atoms with Crippen LogP contribution in [0.25, 0.3) is 22.3 Å². The van der Waals surface area contributed by atoms with Crippen LogP contribution < -0.4 is 20.7 Å². The first kappa shape index (κ1) is 76.0. The van der Waals surface area contributed by atoms with E-state index in [-0.39, 0.29) is 103 Å². The van der Waals surface area contributed by atoms with Gasteiger partial charge in [-0.05, 0) is 43.0 Å². The third kappa shape index (κ3) is 29.6. The van der Waals surface area contributed by atoms with Crippen LogP contribution in [0.1, 0.15) is 0 Å². The third-order valence-corrected chi connectivity index (χ3v) is 22.7. The van der Waals surface area contributed by atoms with Gasteiger partial charge in [-0.15, -0.1) is 0 Å². The molecule has 2 saturated heterocycles. The topological polar surface area (TPSA) is 148 Å². The second-order valence-electron chi connectivity index (χ2n) is 18.7. The summed E-state index contributed by atoms with van der Waals surface area (Å²) in [5.41, 5.74) is 5.95. The maximum Gasteiger partial charge on any atom is 0.116 e. The number of fused-ring (bicyclic) bond motifs is 6. The van der Waals surface area contributed by atoms with E-state index in [2.05, 4.69) is 129 Å². The molecule has 2 fully saturated rings. The molecule has 8 rings (SSSR count). The predicted octanol–water partition coefficient (Wildman–Crippen LogP) is 4.73. The molecule has 0 atom stereocenters. The molecule has 0 saturated carbocycles. The monoisotopic (exact) mass is 1200 g/mol. The van der Waals surface area contributed by atoms with E-state index < -0.39 is 16.1 Å². The minimum absolute atomic E-state index is 0. The Kier molecular flexibility index (Phi) is 47.5. The Bertz CT molecular complexity index is 1700. The van der Waals surface area contributed by atoms with Crippen molar-refractivity contribution >= 4 is 140 Å². The van der Waals surface area contributed by atoms with Crippen molar-refractivity contribution in [2.45, 2.75) is 25.2 Å². The fraction of sp³-hybridized carbons (Fsp3) is 0.600. The zero-order valence-electron chi connectivity index (χ0n) is 50.0. The van der Waals surface area contributed by atoms with Gasteiger partial charge >= 0.3 is 0 Å². The molecule has 440 valence electrons. The number of hydrogen-bond donors (Lipinski definition) is 0. The minimum atomic E-state index is -1.75. The summed E-state index contributed by atoms with van der Waals surface area (Å²) in [5.74, 6) is 0. The van der Waals surface area contributed by atoms with Crippen LogP contribution in [0.3, 0.4) is 0 Å². The second-order valence-corrected chi connectivity index (χ2v) is 27.1. The van der Waals surface area contributed by atoms with Crippen LogP contribution in [-0.4, -0.2) is 332 Å². The van der Waals surface area contributed by atoms with Crippen molar-refractivity contribution in [3.63, 3.8) is 0 Å². The van der Waals surface area contributed by atoms with Crippen molar-refractivity contribution in [3.05, 3.63) is 97.1 Å². The molecule has 0 unspecified atom stereocenters. The summed E-state index contributed by atoms with van der Waals surface area (Å²) in [6.45, 7) is 22.1. The molecule has 0 aliphatic carbocycles. The van der Waals surface area contributed by atoms with E-state index in [1.807, 2.05) is 0 Å². The molecule has 0 N–H and O–H groups in total. The van der Waals surface area contributed by atoms with Gasteiger partial charge in [0.1, 0.15) is 16.1 Å². The fourth-order valence-corrected chi connectivity index (χ4v) is 19.9. The first-order valence-electron chi connectivity index (χ1n) is 27.7. The smallest absolute Gasteiger partial charge is 0.116 e. The van der Waals surface area contributed by atoms with Crippen molar-refractivity contribution in [2.75, 3.05) is 213 Å². The van der Waals surface area contributed by atoms with Crippen molar-refractivity contribution in [3.8, 4) is 22.3 Å². The molecular formula is C60H94K2O16Si2. The minimum Gasteiger partial charge on any atom is -0.382 e. The van der Waals surface area contributed by atoms with Crippen LogP contribution in [0.2, 0.25) is 25.2 Å². The summed E-state index contributed by atoms with van der Waals surface area (Å²) in [4.78, 5) is 0. The van der Waals surface area contributed by atoms with Gasteiger partial charge in [-0.25, -0.2) is 0 Å². The zero-order chi connectivity index (χ0) is 55.5. The van der Waals surface area contributed by atoms with E-state index >= 15 is 0 Å². The Hall–Kier alpha value is -0.0535. The van der Waals surface area contributed by atoms with Crippen LogP contribution in [0.15, 0.2) is 97.1 Å². The first-order chi connectivity index (χ1) is 38.5. The van der Waals surface area contributed by atoms with Gasteiger partial charge in [0, 0.05) is 131 Å². The van der Waals surface area contributed by atoms with Gasteiger partial charge in [0.15, 0.2) is 0 Å². The van der Waals surface area contributed by atoms with Crippen molar-refractivity contribution in [1.29, 1.82) is 0 Å². The van der Waals surface area contributed by atoms with E-state index in [0.717, 1.165) is 0 Å². The van der Waals surface area contributed by atoms with Crippen LogP contribution in [0.4, 0.5) is 0 Å². The Morgan fingerprint density at radius 2 is 0.400 bits per heavy atom. The maximum atomic E-state index is 5.33. The number of methoxy groups -OCH3 is 4. The quantitative estimate of drug-likeness (QED) is 0.168. The molecule has 4 aliphatic heterocycles. The van der Waals surface area contributed by atoms with Crippen LogP contribution in [-0.2, 0) is 75.8 Å². The van der Waals surface area contributed by atoms with Crippen LogP contribution in [0.5, 0.6) is 0 Å². The molecule has 4 heterocycles. The van der Waals surface area contributed by atoms with Crippen molar-refractivity contribution in [1.82, 2.24) is 0 Å². The average molecular weight is 1210 g/mol. The summed E-state index contributed by atoms with van der Waals surface area (Å²) in [6.07, 6.45) is 0. The Morgan fingerprint density at radius 1 is 0.263 bits per heavy atom. The summed E-state index contributed by atoms with van der Waals surface area (Å²) in [6, 6.07) is 39.5. The Balaban J connectivity index is 0.000000382. The standard InChI is InChI=1S/C28H26Si2.2C12H24O6.2C4H10O2.2K/c1-29(25-15-7-3-11-21(25)22-12-4-8-16-26(22)29)19-20-30(2)27-17-9-5-13-23(27)24-14-6-10-18-28(24)30;2*1-2-14-5-6-16-9-10-18-12-11-17-8-7-15-4-3-13-1;2*1-5-3-4-6-2;;/h3-18H,19-20H2,1-2H3;2*1-12H2;2*3-4H2,1-2H3;;. The fourth-order valence-electron chi connectivity index (χ4n) is 9.10. The summed E-state index contributed by atoms with van der Waals surface area (Å²) < 4.78 is 82.6. The molecule has 0 bridgehead atoms. The van der Waals surface area contributed by atoms with Gasteiger partial charge in [-0.3, -0.25) is 0 Å². The van der Waals surface area contributed by atoms with E-state index in [1.165, 1.54) is 34.3 Å². The Labute approximate surface area is 566 Å². The zero-order valence-corrected chi connectivity index (χ0v) is 58.2. The molecule has 16 nitrogen and oxygen atoms in total. The van der Waals surface area contributed by atoms with Gasteiger partial charge in [-0.1, -0.05) is 122 Å². The SMILES string of the molecule is C1COCCOCCOCCOCCOCCO1.C1COCCOCCOCCOCCOCCO1.COCCOC.COCCOC.C[Si]1(CC[Si]2(C)c3ccccc3-c3ccccc32)c2ccccc2-c2ccccc21.[K].[K]. The Morgan fingerprint density at radius 3 is 0.537 bits per heavy atom. The van der Waals surface area contributed by atoms with Gasteiger partial charge in [-0.2, -0.15) is 0 Å². The molecule has 0 spiro atoms. The van der Waals surface area contributed by atoms with Crippen molar-refractivity contribution < 1.29 is 75.8 Å². The van der Waals surface area contributed by atoms with Crippen LogP contribution in [0, 0.1) is 0 Å². The van der Waals surface area contributed by atoms with Gasteiger partial charge in [0.25, 0.3) is 0 Å². The number of hydrogen-bond acceptors (Lipinski definition) is 16. The average Bonchev–Trinajstić information content (AvgIpc) is 4.13. The van der Waals surface area contributed by atoms with Gasteiger partial charge in [0.2, 0.25) is 0 Å². The summed E-state index contributed by atoms with van der Waals surface area (Å²) >= 11 is 0. The maximum absolute atomic E-state index is 5.33. The van der Waals surface area contributed by atoms with E-state index in [4.69, 9.17) is 56.8 Å². The molecule has 80 heavy (non-hydrogen) atoms. The number of ether oxygens (including phenoxy) is 16. The van der Waals surface area contributed by atoms with Crippen LogP contribution >= 0.6 is 0 Å². The summed E-state index contributed by atoms with van der Waals surface area (Å²) in [5, 5.41) is 6.57. The molecule has 4 aromatic carbocycles. The molecule has 4 aliphatic rings. The predicted molar refractivity (Wildman–Crippen MR) is 324 cm³/mol. The van der Waals surface area contributed by atoms with Gasteiger partial charge in [0.05, 0.1) is 185 Å². The number of benzene rings is 4. The van der Waals surface area contributed by atoms with E-state index in [1.54, 1.807) is 49.2 Å². The van der Waals surface area contributed by atoms with E-state index in [0.29, 0.717) is 185 Å². The molecule has 2 radical (unpaired) electrons. The van der Waals surface area contributed by atoms with Gasteiger partial charge < -0.3 is 75.8 Å². The van der Waals surface area contributed by atoms with Crippen molar-refractivity contribution in [2.24, 2.45) is 0 Å². The number of rotatable bonds is 9. The molecule has 0 aromatic heterocycles.